The number of hydrogen-bond donors (Lipinski definition) is 4. The van der Waals surface area contributed by atoms with E-state index < -0.39 is 49.1 Å². The number of carboxylic acids is 1. The zero-order valence-corrected chi connectivity index (χ0v) is 18.8. The molecule has 1 saturated heterocycles. The van der Waals surface area contributed by atoms with Crippen LogP contribution in [0.25, 0.3) is 0 Å². The lowest BCUT2D eigenvalue weighted by atomic mass is 9.96. The fourth-order valence-electron chi connectivity index (χ4n) is 3.66. The van der Waals surface area contributed by atoms with Gasteiger partial charge < -0.3 is 40.2 Å². The maximum Gasteiger partial charge on any atom is 0.329 e. The van der Waals surface area contributed by atoms with Crippen LogP contribution in [-0.4, -0.2) is 72.6 Å². The minimum atomic E-state index is -1.29. The summed E-state index contributed by atoms with van der Waals surface area (Å²) in [7, 11) is 0. The number of carbonyl (C=O) groups excluding carboxylic acids is 1. The van der Waals surface area contributed by atoms with Crippen molar-refractivity contribution in [2.75, 3.05) is 25.6 Å². The summed E-state index contributed by atoms with van der Waals surface area (Å²) in [5.74, 6) is -1.72. The van der Waals surface area contributed by atoms with Crippen LogP contribution in [0.3, 0.4) is 0 Å². The molecule has 5 N–H and O–H groups in total. The molecule has 1 aliphatic heterocycles. The lowest BCUT2D eigenvalue weighted by molar-refractivity contribution is -0.277. The van der Waals surface area contributed by atoms with E-state index in [1.807, 2.05) is 30.3 Å². The Bertz CT molecular complexity index is 942. The Labute approximate surface area is 197 Å². The van der Waals surface area contributed by atoms with Crippen molar-refractivity contribution < 1.29 is 38.7 Å². The first-order chi connectivity index (χ1) is 16.4. The van der Waals surface area contributed by atoms with Crippen LogP contribution in [0.4, 0.5) is 5.69 Å². The van der Waals surface area contributed by atoms with Gasteiger partial charge in [0.1, 0.15) is 31.0 Å². The Kier molecular flexibility index (Phi) is 9.37. The second kappa shape index (κ2) is 12.4. The lowest BCUT2D eigenvalue weighted by Gasteiger charge is -2.44. The van der Waals surface area contributed by atoms with Gasteiger partial charge >= 0.3 is 5.97 Å². The summed E-state index contributed by atoms with van der Waals surface area (Å²) >= 11 is 0. The van der Waals surface area contributed by atoms with E-state index in [1.165, 1.54) is 6.07 Å². The summed E-state index contributed by atoms with van der Waals surface area (Å²) in [6, 6.07) is 14.8. The summed E-state index contributed by atoms with van der Waals surface area (Å²) in [6.45, 7) is 1.61. The number of rotatable bonds is 11. The number of aliphatic carboxylic acids is 1. The molecule has 2 unspecified atom stereocenters. The molecular formula is C24H30N2O8. The van der Waals surface area contributed by atoms with Gasteiger partial charge in [0.15, 0.2) is 6.29 Å². The van der Waals surface area contributed by atoms with E-state index in [4.69, 9.17) is 29.8 Å². The van der Waals surface area contributed by atoms with Crippen LogP contribution in [0, 0.1) is 0 Å². The number of nitrogens with one attached hydrogen (secondary N) is 1. The summed E-state index contributed by atoms with van der Waals surface area (Å²) in [5, 5.41) is 22.8. The van der Waals surface area contributed by atoms with Gasteiger partial charge in [-0.1, -0.05) is 36.4 Å². The van der Waals surface area contributed by atoms with E-state index in [1.54, 1.807) is 25.1 Å². The molecule has 1 aliphatic rings. The van der Waals surface area contributed by atoms with Crippen LogP contribution in [0.1, 0.15) is 22.8 Å². The van der Waals surface area contributed by atoms with Crippen LogP contribution in [-0.2, 0) is 30.3 Å². The lowest BCUT2D eigenvalue weighted by Crippen LogP contribution is -2.65. The quantitative estimate of drug-likeness (QED) is 0.352. The van der Waals surface area contributed by atoms with E-state index in [-0.39, 0.29) is 18.8 Å². The second-order valence-corrected chi connectivity index (χ2v) is 7.78. The zero-order valence-electron chi connectivity index (χ0n) is 18.8. The summed E-state index contributed by atoms with van der Waals surface area (Å²) < 4.78 is 22.8. The number of ether oxygens (including phenoxy) is 4. The third-order valence-electron chi connectivity index (χ3n) is 5.24. The number of carbonyl (C=O) groups is 2. The number of carboxylic acid groups (broad SMARTS) is 1. The molecule has 3 rings (SSSR count). The Morgan fingerprint density at radius 2 is 1.88 bits per heavy atom. The van der Waals surface area contributed by atoms with Crippen molar-refractivity contribution in [1.82, 2.24) is 5.32 Å². The van der Waals surface area contributed by atoms with Gasteiger partial charge in [-0.05, 0) is 30.7 Å². The van der Waals surface area contributed by atoms with Crippen LogP contribution < -0.4 is 11.1 Å². The molecule has 10 heteroatoms. The Hall–Kier alpha value is -3.02. The summed E-state index contributed by atoms with van der Waals surface area (Å²) in [5.41, 5.74) is 7.41. The molecule has 1 heterocycles. The van der Waals surface area contributed by atoms with E-state index in [9.17, 15) is 14.7 Å². The maximum atomic E-state index is 12.9. The van der Waals surface area contributed by atoms with Crippen molar-refractivity contribution in [3.05, 3.63) is 65.7 Å². The SMILES string of the molecule is CCO[C@@H]1OC(COCc2ccccc2)[C@@H](O)[C@H](OCC(=O)O)C1NC(=O)c1cccc(N)c1. The van der Waals surface area contributed by atoms with Crippen molar-refractivity contribution in [3.8, 4) is 0 Å². The molecule has 2 aromatic rings. The molecule has 0 bridgehead atoms. The molecule has 184 valence electrons. The van der Waals surface area contributed by atoms with Crippen LogP contribution >= 0.6 is 0 Å². The first-order valence-electron chi connectivity index (χ1n) is 11.0. The molecular weight excluding hydrogens is 444 g/mol. The van der Waals surface area contributed by atoms with Gasteiger partial charge in [0.25, 0.3) is 5.91 Å². The molecule has 1 fully saturated rings. The average molecular weight is 475 g/mol. The highest BCUT2D eigenvalue weighted by Gasteiger charge is 2.47. The highest BCUT2D eigenvalue weighted by atomic mass is 16.7. The molecule has 0 radical (unpaired) electrons. The molecule has 10 nitrogen and oxygen atoms in total. The highest BCUT2D eigenvalue weighted by molar-refractivity contribution is 5.95. The number of benzene rings is 2. The van der Waals surface area contributed by atoms with Gasteiger partial charge in [0.05, 0.1) is 13.2 Å². The van der Waals surface area contributed by atoms with Crippen molar-refractivity contribution in [2.45, 2.75) is 44.2 Å². The van der Waals surface area contributed by atoms with E-state index in [2.05, 4.69) is 5.32 Å². The van der Waals surface area contributed by atoms with Crippen LogP contribution in [0.2, 0.25) is 0 Å². The molecule has 0 aliphatic carbocycles. The van der Waals surface area contributed by atoms with E-state index in [0.717, 1.165) is 5.56 Å². The fourth-order valence-corrected chi connectivity index (χ4v) is 3.66. The monoisotopic (exact) mass is 474 g/mol. The van der Waals surface area contributed by atoms with Gasteiger partial charge in [0, 0.05) is 17.9 Å². The molecule has 0 spiro atoms. The first kappa shape index (κ1) is 25.6. The van der Waals surface area contributed by atoms with Gasteiger partial charge in [-0.15, -0.1) is 0 Å². The number of anilines is 1. The van der Waals surface area contributed by atoms with Crippen molar-refractivity contribution in [2.24, 2.45) is 0 Å². The predicted octanol–water partition coefficient (Wildman–Crippen LogP) is 1.18. The Balaban J connectivity index is 1.75. The van der Waals surface area contributed by atoms with Crippen molar-refractivity contribution >= 4 is 17.6 Å². The summed E-state index contributed by atoms with van der Waals surface area (Å²) in [6.07, 6.45) is -4.31. The number of nitrogen functional groups attached to an aromatic ring is 1. The highest BCUT2D eigenvalue weighted by Crippen LogP contribution is 2.26. The first-order valence-corrected chi connectivity index (χ1v) is 11.0. The standard InChI is InChI=1S/C24H30N2O8/c1-2-32-24-20(26-23(30)16-9-6-10-17(25)11-16)22(33-14-19(27)28)21(29)18(34-24)13-31-12-15-7-4-3-5-8-15/h3-11,18,20-22,24,29H,2,12-14,25H2,1H3,(H,26,30)(H,27,28)/t18?,20?,21-,22-,24-/m1/s1. The van der Waals surface area contributed by atoms with Crippen molar-refractivity contribution in [3.63, 3.8) is 0 Å². The minimum absolute atomic E-state index is 0.00243. The molecule has 2 aromatic carbocycles. The number of hydrogen-bond acceptors (Lipinski definition) is 8. The molecule has 0 saturated carbocycles. The van der Waals surface area contributed by atoms with Crippen molar-refractivity contribution in [1.29, 1.82) is 0 Å². The third kappa shape index (κ3) is 6.99. The summed E-state index contributed by atoms with van der Waals surface area (Å²) in [4.78, 5) is 24.0. The Morgan fingerprint density at radius 1 is 1.12 bits per heavy atom. The number of amides is 1. The maximum absolute atomic E-state index is 12.9. The average Bonchev–Trinajstić information content (AvgIpc) is 2.82. The van der Waals surface area contributed by atoms with E-state index in [0.29, 0.717) is 12.3 Å². The van der Waals surface area contributed by atoms with Gasteiger partial charge in [0.2, 0.25) is 0 Å². The van der Waals surface area contributed by atoms with Gasteiger partial charge in [-0.2, -0.15) is 0 Å². The predicted molar refractivity (Wildman–Crippen MR) is 122 cm³/mol. The molecule has 34 heavy (non-hydrogen) atoms. The number of nitrogens with two attached hydrogens (primary N) is 1. The van der Waals surface area contributed by atoms with Crippen LogP contribution in [0.15, 0.2) is 54.6 Å². The van der Waals surface area contributed by atoms with E-state index >= 15 is 0 Å². The normalized spacial score (nSPS) is 24.5. The zero-order chi connectivity index (χ0) is 24.5. The van der Waals surface area contributed by atoms with Gasteiger partial charge in [-0.3, -0.25) is 4.79 Å². The minimum Gasteiger partial charge on any atom is -0.480 e. The fraction of sp³-hybridized carbons (Fsp3) is 0.417. The molecule has 5 atom stereocenters. The molecule has 1 amide bonds. The largest absolute Gasteiger partial charge is 0.480 e. The number of aliphatic hydroxyl groups is 1. The number of aliphatic hydroxyl groups excluding tert-OH is 1. The Morgan fingerprint density at radius 3 is 2.56 bits per heavy atom. The second-order valence-electron chi connectivity index (χ2n) is 7.78. The molecule has 0 aromatic heterocycles. The topological polar surface area (TPSA) is 150 Å². The van der Waals surface area contributed by atoms with Crippen LogP contribution in [0.5, 0.6) is 0 Å². The third-order valence-corrected chi connectivity index (χ3v) is 5.24. The smallest absolute Gasteiger partial charge is 0.329 e. The van der Waals surface area contributed by atoms with Gasteiger partial charge in [-0.25, -0.2) is 4.79 Å².